The molecule has 0 fully saturated rings. The van der Waals surface area contributed by atoms with Gasteiger partial charge >= 0.3 is 0 Å². The van der Waals surface area contributed by atoms with Crippen molar-refractivity contribution in [3.63, 3.8) is 0 Å². The molecule has 28 heavy (non-hydrogen) atoms. The monoisotopic (exact) mass is 395 g/mol. The molecule has 0 saturated heterocycles. The van der Waals surface area contributed by atoms with Crippen LogP contribution in [0.15, 0.2) is 47.3 Å². The molecule has 2 aromatic heterocycles. The fourth-order valence-electron chi connectivity index (χ4n) is 2.79. The lowest BCUT2D eigenvalue weighted by atomic mass is 10.2. The largest absolute Gasteiger partial charge is 0.497 e. The van der Waals surface area contributed by atoms with E-state index in [4.69, 9.17) is 14.2 Å². The summed E-state index contributed by atoms with van der Waals surface area (Å²) in [4.78, 5) is 17.8. The van der Waals surface area contributed by atoms with Crippen molar-refractivity contribution >= 4 is 22.4 Å². The number of methoxy groups -OCH3 is 3. The number of hydrogen-bond donors (Lipinski definition) is 0. The summed E-state index contributed by atoms with van der Waals surface area (Å²) in [5.41, 5.74) is 1.44. The Labute approximate surface area is 164 Å². The first-order valence-electron chi connectivity index (χ1n) is 8.40. The highest BCUT2D eigenvalue weighted by atomic mass is 32.1. The second-order valence-electron chi connectivity index (χ2n) is 5.89. The van der Waals surface area contributed by atoms with Crippen molar-refractivity contribution in [3.8, 4) is 28.6 Å². The summed E-state index contributed by atoms with van der Waals surface area (Å²) in [7, 11) is 4.77. The van der Waals surface area contributed by atoms with Crippen LogP contribution in [0.3, 0.4) is 0 Å². The fraction of sp³-hybridized carbons (Fsp3) is 0.150. The van der Waals surface area contributed by atoms with Gasteiger partial charge in [-0.05, 0) is 48.0 Å². The molecule has 7 nitrogen and oxygen atoms in total. The average molecular weight is 395 g/mol. The number of nitrogens with zero attached hydrogens (tertiary/aromatic N) is 3. The van der Waals surface area contributed by atoms with Gasteiger partial charge in [-0.2, -0.15) is 9.50 Å². The minimum Gasteiger partial charge on any atom is -0.497 e. The number of ether oxygens (including phenoxy) is 3. The van der Waals surface area contributed by atoms with Crippen LogP contribution in [-0.2, 0) is 0 Å². The Morgan fingerprint density at radius 1 is 0.964 bits per heavy atom. The second-order valence-corrected chi connectivity index (χ2v) is 6.90. The van der Waals surface area contributed by atoms with Crippen LogP contribution in [0.5, 0.6) is 17.2 Å². The molecule has 2 aromatic carbocycles. The van der Waals surface area contributed by atoms with Crippen molar-refractivity contribution in [2.45, 2.75) is 0 Å². The van der Waals surface area contributed by atoms with Crippen molar-refractivity contribution in [2.24, 2.45) is 0 Å². The summed E-state index contributed by atoms with van der Waals surface area (Å²) in [5.74, 6) is 2.49. The van der Waals surface area contributed by atoms with Gasteiger partial charge in [-0.15, -0.1) is 5.10 Å². The first-order valence-corrected chi connectivity index (χ1v) is 9.22. The average Bonchev–Trinajstić information content (AvgIpc) is 3.27. The first kappa shape index (κ1) is 18.0. The summed E-state index contributed by atoms with van der Waals surface area (Å²) >= 11 is 1.29. The Morgan fingerprint density at radius 3 is 2.36 bits per heavy atom. The molecular weight excluding hydrogens is 378 g/mol. The summed E-state index contributed by atoms with van der Waals surface area (Å²) in [6, 6.07) is 12.9. The summed E-state index contributed by atoms with van der Waals surface area (Å²) in [6.07, 6.45) is 1.79. The SMILES string of the molecule is COc1ccc(-c2nc3s/c(=C/c4ccc(OC)c(OC)c4)c(=O)n3n2)cc1. The minimum absolute atomic E-state index is 0.206. The molecule has 0 atom stereocenters. The zero-order chi connectivity index (χ0) is 19.7. The van der Waals surface area contributed by atoms with Crippen LogP contribution in [0.4, 0.5) is 0 Å². The van der Waals surface area contributed by atoms with Crippen LogP contribution in [0.1, 0.15) is 5.56 Å². The lowest BCUT2D eigenvalue weighted by Gasteiger charge is -2.07. The van der Waals surface area contributed by atoms with Crippen LogP contribution in [0.25, 0.3) is 22.4 Å². The maximum Gasteiger partial charge on any atom is 0.291 e. The normalized spacial score (nSPS) is 11.8. The highest BCUT2D eigenvalue weighted by Crippen LogP contribution is 2.27. The number of fused-ring (bicyclic) bond motifs is 1. The van der Waals surface area contributed by atoms with Crippen LogP contribution < -0.4 is 24.3 Å². The van der Waals surface area contributed by atoms with E-state index in [2.05, 4.69) is 10.1 Å². The fourth-order valence-corrected chi connectivity index (χ4v) is 3.70. The van der Waals surface area contributed by atoms with Gasteiger partial charge in [0.25, 0.3) is 5.56 Å². The standard InChI is InChI=1S/C20H17N3O4S/c1-25-14-7-5-13(6-8-14)18-21-20-23(22-18)19(24)17(28-20)11-12-4-9-15(26-2)16(10-12)27-3/h4-11H,1-3H3/b17-11+. The molecule has 142 valence electrons. The minimum atomic E-state index is -0.206. The lowest BCUT2D eigenvalue weighted by Crippen LogP contribution is -2.23. The molecule has 8 heteroatoms. The molecule has 0 bridgehead atoms. The van der Waals surface area contributed by atoms with Gasteiger partial charge in [0.05, 0.1) is 25.9 Å². The molecule has 0 aliphatic rings. The number of benzene rings is 2. The van der Waals surface area contributed by atoms with Crippen molar-refractivity contribution < 1.29 is 14.2 Å². The van der Waals surface area contributed by atoms with E-state index in [1.807, 2.05) is 36.4 Å². The van der Waals surface area contributed by atoms with Gasteiger partial charge < -0.3 is 14.2 Å². The van der Waals surface area contributed by atoms with Gasteiger partial charge in [-0.1, -0.05) is 17.4 Å². The Kier molecular flexibility index (Phi) is 4.70. The molecule has 2 heterocycles. The molecular formula is C20H17N3O4S. The predicted molar refractivity (Wildman–Crippen MR) is 107 cm³/mol. The number of aromatic nitrogens is 3. The topological polar surface area (TPSA) is 75.0 Å². The van der Waals surface area contributed by atoms with Crippen LogP contribution in [-0.4, -0.2) is 35.9 Å². The number of hydrogen-bond acceptors (Lipinski definition) is 7. The lowest BCUT2D eigenvalue weighted by molar-refractivity contribution is 0.355. The number of thiazole rings is 1. The molecule has 0 spiro atoms. The van der Waals surface area contributed by atoms with E-state index in [1.165, 1.54) is 15.9 Å². The molecule has 0 amide bonds. The van der Waals surface area contributed by atoms with Crippen molar-refractivity contribution in [2.75, 3.05) is 21.3 Å². The summed E-state index contributed by atoms with van der Waals surface area (Å²) in [6.45, 7) is 0. The molecule has 0 radical (unpaired) electrons. The van der Waals surface area contributed by atoms with Crippen LogP contribution in [0, 0.1) is 0 Å². The zero-order valence-corrected chi connectivity index (χ0v) is 16.3. The molecule has 0 aliphatic carbocycles. The van der Waals surface area contributed by atoms with E-state index in [-0.39, 0.29) is 5.56 Å². The quantitative estimate of drug-likeness (QED) is 0.517. The smallest absolute Gasteiger partial charge is 0.291 e. The van der Waals surface area contributed by atoms with Crippen molar-refractivity contribution in [1.82, 2.24) is 14.6 Å². The molecule has 0 aliphatic heterocycles. The van der Waals surface area contributed by atoms with Gasteiger partial charge in [0, 0.05) is 5.56 Å². The third-order valence-electron chi connectivity index (χ3n) is 4.24. The van der Waals surface area contributed by atoms with E-state index in [1.54, 1.807) is 33.5 Å². The van der Waals surface area contributed by atoms with E-state index < -0.39 is 0 Å². The summed E-state index contributed by atoms with van der Waals surface area (Å²) in [5, 5.41) is 4.36. The van der Waals surface area contributed by atoms with Gasteiger partial charge in [-0.3, -0.25) is 4.79 Å². The first-order chi connectivity index (χ1) is 13.6. The molecule has 0 unspecified atom stereocenters. The van der Waals surface area contributed by atoms with E-state index >= 15 is 0 Å². The molecule has 0 saturated carbocycles. The van der Waals surface area contributed by atoms with E-state index in [9.17, 15) is 4.79 Å². The maximum atomic E-state index is 12.7. The molecule has 0 N–H and O–H groups in total. The van der Waals surface area contributed by atoms with E-state index in [0.29, 0.717) is 26.8 Å². The molecule has 4 rings (SSSR count). The second kappa shape index (κ2) is 7.32. The highest BCUT2D eigenvalue weighted by Gasteiger charge is 2.12. The Balaban J connectivity index is 1.74. The third kappa shape index (κ3) is 3.18. The van der Waals surface area contributed by atoms with Gasteiger partial charge in [-0.25, -0.2) is 0 Å². The van der Waals surface area contributed by atoms with E-state index in [0.717, 1.165) is 16.9 Å². The van der Waals surface area contributed by atoms with Gasteiger partial charge in [0.1, 0.15) is 5.75 Å². The van der Waals surface area contributed by atoms with Crippen molar-refractivity contribution in [3.05, 3.63) is 62.9 Å². The zero-order valence-electron chi connectivity index (χ0n) is 15.5. The maximum absolute atomic E-state index is 12.7. The van der Waals surface area contributed by atoms with Gasteiger partial charge in [0.15, 0.2) is 17.3 Å². The van der Waals surface area contributed by atoms with Crippen LogP contribution in [0.2, 0.25) is 0 Å². The Hall–Kier alpha value is -3.39. The number of rotatable bonds is 5. The Morgan fingerprint density at radius 2 is 1.71 bits per heavy atom. The summed E-state index contributed by atoms with van der Waals surface area (Å²) < 4.78 is 17.6. The molecule has 4 aromatic rings. The van der Waals surface area contributed by atoms with Crippen LogP contribution >= 0.6 is 11.3 Å². The van der Waals surface area contributed by atoms with Gasteiger partial charge in [0.2, 0.25) is 4.96 Å². The Bertz CT molecular complexity index is 1250. The predicted octanol–water partition coefficient (Wildman–Crippen LogP) is 2.39. The third-order valence-corrected chi connectivity index (χ3v) is 5.19. The highest BCUT2D eigenvalue weighted by molar-refractivity contribution is 7.15. The van der Waals surface area contributed by atoms with Crippen molar-refractivity contribution in [1.29, 1.82) is 0 Å².